The van der Waals surface area contributed by atoms with E-state index in [9.17, 15) is 14.4 Å². The van der Waals surface area contributed by atoms with Crippen LogP contribution in [0.2, 0.25) is 0 Å². The van der Waals surface area contributed by atoms with Gasteiger partial charge in [-0.05, 0) is 42.5 Å². The van der Waals surface area contributed by atoms with Gasteiger partial charge in [0.25, 0.3) is 0 Å². The Morgan fingerprint density at radius 3 is 2.60 bits per heavy atom. The van der Waals surface area contributed by atoms with E-state index in [0.717, 1.165) is 10.4 Å². The normalized spacial score (nSPS) is 11.8. The quantitative estimate of drug-likeness (QED) is 0.288. The summed E-state index contributed by atoms with van der Waals surface area (Å²) in [4.78, 5) is 42.3. The Morgan fingerprint density at radius 1 is 1.03 bits per heavy atom. The fraction of sp³-hybridized carbons (Fsp3) is 0.480. The Hall–Kier alpha value is -3.11. The molecule has 0 spiro atoms. The van der Waals surface area contributed by atoms with E-state index in [1.807, 2.05) is 35.7 Å². The highest BCUT2D eigenvalue weighted by atomic mass is 32.1. The highest BCUT2D eigenvalue weighted by Crippen LogP contribution is 2.33. The van der Waals surface area contributed by atoms with Crippen LogP contribution in [0.4, 0.5) is 0 Å². The summed E-state index contributed by atoms with van der Waals surface area (Å²) in [5.74, 6) is 0.466. The minimum absolute atomic E-state index is 0.00776. The maximum atomic E-state index is 13.5. The van der Waals surface area contributed by atoms with Gasteiger partial charge in [0.1, 0.15) is 0 Å². The van der Waals surface area contributed by atoms with Crippen LogP contribution in [-0.4, -0.2) is 67.8 Å². The monoisotopic (exact) mass is 504 g/mol. The van der Waals surface area contributed by atoms with Crippen LogP contribution < -0.4 is 9.47 Å². The lowest BCUT2D eigenvalue weighted by molar-refractivity contribution is -0.146. The summed E-state index contributed by atoms with van der Waals surface area (Å²) in [5.41, 5.74) is 0.902. The first-order valence-corrected chi connectivity index (χ1v) is 12.5. The summed E-state index contributed by atoms with van der Waals surface area (Å²) >= 11 is 1.57. The second-order valence-corrected chi connectivity index (χ2v) is 9.02. The molecule has 0 fully saturated rings. The van der Waals surface area contributed by atoms with Crippen molar-refractivity contribution in [2.45, 2.75) is 39.3 Å². The van der Waals surface area contributed by atoms with Crippen molar-refractivity contribution in [1.29, 1.82) is 0 Å². The first-order chi connectivity index (χ1) is 17.0. The Morgan fingerprint density at radius 2 is 1.86 bits per heavy atom. The van der Waals surface area contributed by atoms with Crippen molar-refractivity contribution < 1.29 is 33.3 Å². The van der Waals surface area contributed by atoms with Crippen molar-refractivity contribution in [3.05, 3.63) is 46.2 Å². The zero-order chi connectivity index (χ0) is 25.0. The molecule has 0 N–H and O–H groups in total. The molecule has 0 atom stereocenters. The molecule has 190 valence electrons. The van der Waals surface area contributed by atoms with Crippen LogP contribution in [0.25, 0.3) is 0 Å². The van der Waals surface area contributed by atoms with Gasteiger partial charge >= 0.3 is 5.97 Å². The summed E-state index contributed by atoms with van der Waals surface area (Å²) < 4.78 is 20.9. The van der Waals surface area contributed by atoms with Crippen molar-refractivity contribution in [3.8, 4) is 11.5 Å². The average Bonchev–Trinajstić information content (AvgIpc) is 3.53. The van der Waals surface area contributed by atoms with E-state index in [0.29, 0.717) is 44.2 Å². The SMILES string of the molecule is CCOC(=O)CCC(=O)N(CCCOC)CC(=O)N(Cc1ccc2c(c1)OCO2)Cc1cccs1. The van der Waals surface area contributed by atoms with Gasteiger partial charge in [0.15, 0.2) is 11.5 Å². The molecule has 3 rings (SSSR count). The van der Waals surface area contributed by atoms with E-state index < -0.39 is 5.97 Å². The molecule has 0 radical (unpaired) electrons. The van der Waals surface area contributed by atoms with Gasteiger partial charge in [-0.15, -0.1) is 11.3 Å². The molecular weight excluding hydrogens is 472 g/mol. The Bertz CT molecular complexity index is 980. The topological polar surface area (TPSA) is 94.6 Å². The third-order valence-corrected chi connectivity index (χ3v) is 6.25. The summed E-state index contributed by atoms with van der Waals surface area (Å²) in [6.07, 6.45) is 0.561. The molecule has 1 aliphatic rings. The number of esters is 1. The molecule has 0 bridgehead atoms. The molecule has 0 saturated carbocycles. The third-order valence-electron chi connectivity index (χ3n) is 5.39. The second-order valence-electron chi connectivity index (χ2n) is 7.98. The summed E-state index contributed by atoms with van der Waals surface area (Å²) in [5, 5.41) is 1.97. The first kappa shape index (κ1) is 26.5. The molecule has 0 aliphatic carbocycles. The molecule has 2 heterocycles. The van der Waals surface area contributed by atoms with Crippen LogP contribution in [0.15, 0.2) is 35.7 Å². The predicted molar refractivity (Wildman–Crippen MR) is 130 cm³/mol. The average molecular weight is 505 g/mol. The fourth-order valence-corrected chi connectivity index (χ4v) is 4.36. The number of methoxy groups -OCH3 is 1. The van der Waals surface area contributed by atoms with Crippen molar-refractivity contribution in [3.63, 3.8) is 0 Å². The molecule has 0 saturated heterocycles. The first-order valence-electron chi connectivity index (χ1n) is 11.6. The number of rotatable bonds is 14. The van der Waals surface area contributed by atoms with E-state index in [1.165, 1.54) is 4.90 Å². The van der Waals surface area contributed by atoms with Gasteiger partial charge in [-0.2, -0.15) is 0 Å². The smallest absolute Gasteiger partial charge is 0.306 e. The molecule has 2 aromatic rings. The van der Waals surface area contributed by atoms with E-state index in [-0.39, 0.29) is 44.6 Å². The standard InChI is InChI=1S/C25H32N2O7S/c1-3-32-25(30)10-9-23(28)26(11-5-12-31-2)17-24(29)27(16-20-6-4-13-35-20)15-19-7-8-21-22(14-19)34-18-33-21/h4,6-8,13-14H,3,5,9-12,15-18H2,1-2H3. The van der Waals surface area contributed by atoms with Crippen molar-refractivity contribution >= 4 is 29.1 Å². The molecule has 10 heteroatoms. The maximum Gasteiger partial charge on any atom is 0.306 e. The van der Waals surface area contributed by atoms with Gasteiger partial charge in [-0.1, -0.05) is 12.1 Å². The fourth-order valence-electron chi connectivity index (χ4n) is 3.64. The lowest BCUT2D eigenvalue weighted by atomic mass is 10.1. The highest BCUT2D eigenvalue weighted by Gasteiger charge is 2.23. The van der Waals surface area contributed by atoms with Crippen LogP contribution in [0.5, 0.6) is 11.5 Å². The van der Waals surface area contributed by atoms with Gasteiger partial charge in [-0.3, -0.25) is 14.4 Å². The van der Waals surface area contributed by atoms with Crippen molar-refractivity contribution in [2.24, 2.45) is 0 Å². The Kier molecular flexibility index (Phi) is 10.4. The number of hydrogen-bond donors (Lipinski definition) is 0. The molecule has 1 aliphatic heterocycles. The van der Waals surface area contributed by atoms with Gasteiger partial charge in [0.05, 0.1) is 26.1 Å². The van der Waals surface area contributed by atoms with E-state index in [4.69, 9.17) is 18.9 Å². The molecule has 2 amide bonds. The molecule has 0 unspecified atom stereocenters. The molecule has 35 heavy (non-hydrogen) atoms. The van der Waals surface area contributed by atoms with Crippen molar-refractivity contribution in [1.82, 2.24) is 9.80 Å². The van der Waals surface area contributed by atoms with Crippen LogP contribution in [0.3, 0.4) is 0 Å². The predicted octanol–water partition coefficient (Wildman–Crippen LogP) is 3.21. The lowest BCUT2D eigenvalue weighted by Gasteiger charge is -2.28. The minimum Gasteiger partial charge on any atom is -0.466 e. The summed E-state index contributed by atoms with van der Waals surface area (Å²) in [6, 6.07) is 9.53. The molecule has 9 nitrogen and oxygen atoms in total. The number of carbonyl (C=O) groups is 3. The molecule has 1 aromatic heterocycles. The molecule has 1 aromatic carbocycles. The van der Waals surface area contributed by atoms with Gasteiger partial charge in [-0.25, -0.2) is 0 Å². The number of fused-ring (bicyclic) bond motifs is 1. The van der Waals surface area contributed by atoms with E-state index >= 15 is 0 Å². The number of ether oxygens (including phenoxy) is 4. The lowest BCUT2D eigenvalue weighted by Crippen LogP contribution is -2.43. The number of carbonyl (C=O) groups excluding carboxylic acids is 3. The number of amides is 2. The summed E-state index contributed by atoms with van der Waals surface area (Å²) in [7, 11) is 1.59. The largest absolute Gasteiger partial charge is 0.466 e. The van der Waals surface area contributed by atoms with Crippen LogP contribution in [0.1, 0.15) is 36.6 Å². The number of benzene rings is 1. The zero-order valence-electron chi connectivity index (χ0n) is 20.2. The van der Waals surface area contributed by atoms with Gasteiger partial charge in [0, 0.05) is 38.1 Å². The van der Waals surface area contributed by atoms with Crippen molar-refractivity contribution in [2.75, 3.05) is 40.2 Å². The Balaban J connectivity index is 1.70. The van der Waals surface area contributed by atoms with Crippen LogP contribution >= 0.6 is 11.3 Å². The molecular formula is C25H32N2O7S. The van der Waals surface area contributed by atoms with Crippen LogP contribution in [-0.2, 0) is 36.9 Å². The second kappa shape index (κ2) is 13.7. The number of nitrogens with zero attached hydrogens (tertiary/aromatic N) is 2. The maximum absolute atomic E-state index is 13.5. The summed E-state index contributed by atoms with van der Waals surface area (Å²) in [6.45, 7) is 3.69. The minimum atomic E-state index is -0.425. The number of thiophene rings is 1. The van der Waals surface area contributed by atoms with E-state index in [2.05, 4.69) is 0 Å². The van der Waals surface area contributed by atoms with E-state index in [1.54, 1.807) is 30.3 Å². The van der Waals surface area contributed by atoms with Crippen LogP contribution in [0, 0.1) is 0 Å². The Labute approximate surface area is 209 Å². The zero-order valence-corrected chi connectivity index (χ0v) is 21.0. The third kappa shape index (κ3) is 8.25. The van der Waals surface area contributed by atoms with Gasteiger partial charge < -0.3 is 28.7 Å². The van der Waals surface area contributed by atoms with Gasteiger partial charge in [0.2, 0.25) is 18.6 Å². The number of hydrogen-bond acceptors (Lipinski definition) is 8. The highest BCUT2D eigenvalue weighted by molar-refractivity contribution is 7.09.